The molecule has 5 heteroatoms. The highest BCUT2D eigenvalue weighted by Gasteiger charge is 2.14. The predicted octanol–water partition coefficient (Wildman–Crippen LogP) is 0.721. The van der Waals surface area contributed by atoms with Gasteiger partial charge in [-0.3, -0.25) is 0 Å². The minimum absolute atomic E-state index is 0.260. The van der Waals surface area contributed by atoms with Crippen LogP contribution in [0.5, 0.6) is 0 Å². The molecule has 0 fully saturated rings. The molecule has 0 amide bonds. The van der Waals surface area contributed by atoms with Crippen LogP contribution in [0.4, 0.5) is 0 Å². The third-order valence-electron chi connectivity index (χ3n) is 1.52. The molecule has 0 bridgehead atoms. The van der Waals surface area contributed by atoms with Crippen LogP contribution in [-0.2, 0) is 11.3 Å². The average Bonchev–Trinajstić information content (AvgIpc) is 2.50. The molecular formula is C8H13N3O2. The monoisotopic (exact) mass is 183 g/mol. The van der Waals surface area contributed by atoms with E-state index in [4.69, 9.17) is 0 Å². The first-order valence-electron chi connectivity index (χ1n) is 4.11. The van der Waals surface area contributed by atoms with Gasteiger partial charge in [0.15, 0.2) is 0 Å². The lowest BCUT2D eigenvalue weighted by Gasteiger charge is -2.06. The van der Waals surface area contributed by atoms with Crippen molar-refractivity contribution < 1.29 is 9.53 Å². The molecule has 0 spiro atoms. The zero-order valence-electron chi connectivity index (χ0n) is 8.02. The molecule has 1 rings (SSSR count). The van der Waals surface area contributed by atoms with Gasteiger partial charge in [0.1, 0.15) is 6.33 Å². The molecule has 0 saturated carbocycles. The molecule has 0 radical (unpaired) electrons. The maximum absolute atomic E-state index is 11.1. The molecule has 1 aromatic rings. The van der Waals surface area contributed by atoms with Crippen LogP contribution in [0.3, 0.4) is 0 Å². The van der Waals surface area contributed by atoms with Crippen molar-refractivity contribution in [2.24, 2.45) is 5.92 Å². The summed E-state index contributed by atoms with van der Waals surface area (Å²) in [6.45, 7) is 4.76. The Morgan fingerprint density at radius 3 is 2.92 bits per heavy atom. The van der Waals surface area contributed by atoms with Crippen LogP contribution in [-0.4, -0.2) is 27.8 Å². The van der Waals surface area contributed by atoms with E-state index < -0.39 is 5.97 Å². The van der Waals surface area contributed by atoms with Crippen molar-refractivity contribution in [3.05, 3.63) is 12.2 Å². The SMILES string of the molecule is COC(=O)c1ncnn1CC(C)C. The van der Waals surface area contributed by atoms with Crippen molar-refractivity contribution in [1.82, 2.24) is 14.8 Å². The van der Waals surface area contributed by atoms with Crippen LogP contribution in [0.15, 0.2) is 6.33 Å². The number of ether oxygens (including phenoxy) is 1. The van der Waals surface area contributed by atoms with Gasteiger partial charge in [0.2, 0.25) is 5.82 Å². The summed E-state index contributed by atoms with van der Waals surface area (Å²) in [7, 11) is 1.33. The van der Waals surface area contributed by atoms with Crippen LogP contribution >= 0.6 is 0 Å². The summed E-state index contributed by atoms with van der Waals surface area (Å²) < 4.78 is 6.11. The maximum Gasteiger partial charge on any atom is 0.375 e. The summed E-state index contributed by atoms with van der Waals surface area (Å²) in [4.78, 5) is 14.9. The quantitative estimate of drug-likeness (QED) is 0.648. The highest BCUT2D eigenvalue weighted by Crippen LogP contribution is 2.01. The highest BCUT2D eigenvalue weighted by molar-refractivity contribution is 5.85. The Kier molecular flexibility index (Phi) is 3.00. The van der Waals surface area contributed by atoms with E-state index in [2.05, 4.69) is 14.8 Å². The summed E-state index contributed by atoms with van der Waals surface area (Å²) in [6, 6.07) is 0. The summed E-state index contributed by atoms with van der Waals surface area (Å²) in [5, 5.41) is 3.93. The minimum Gasteiger partial charge on any atom is -0.463 e. The van der Waals surface area contributed by atoms with E-state index in [0.717, 1.165) is 0 Å². The Bertz CT molecular complexity index is 293. The van der Waals surface area contributed by atoms with Gasteiger partial charge in [0.25, 0.3) is 0 Å². The molecule has 0 aliphatic carbocycles. The third-order valence-corrected chi connectivity index (χ3v) is 1.52. The molecule has 0 saturated heterocycles. The molecule has 0 atom stereocenters. The number of methoxy groups -OCH3 is 1. The lowest BCUT2D eigenvalue weighted by Crippen LogP contribution is -2.15. The number of hydrogen-bond acceptors (Lipinski definition) is 4. The topological polar surface area (TPSA) is 57.0 Å². The van der Waals surface area contributed by atoms with Crippen molar-refractivity contribution in [2.75, 3.05) is 7.11 Å². The van der Waals surface area contributed by atoms with Crippen molar-refractivity contribution in [3.63, 3.8) is 0 Å². The zero-order valence-corrected chi connectivity index (χ0v) is 8.02. The molecule has 13 heavy (non-hydrogen) atoms. The van der Waals surface area contributed by atoms with Gasteiger partial charge in [-0.1, -0.05) is 13.8 Å². The number of nitrogens with zero attached hydrogens (tertiary/aromatic N) is 3. The number of esters is 1. The largest absolute Gasteiger partial charge is 0.463 e. The van der Waals surface area contributed by atoms with E-state index in [0.29, 0.717) is 12.5 Å². The first-order valence-corrected chi connectivity index (χ1v) is 4.11. The van der Waals surface area contributed by atoms with Crippen molar-refractivity contribution >= 4 is 5.97 Å². The molecule has 0 N–H and O–H groups in total. The van der Waals surface area contributed by atoms with Gasteiger partial charge in [-0.05, 0) is 5.92 Å². The van der Waals surface area contributed by atoms with E-state index in [1.165, 1.54) is 13.4 Å². The smallest absolute Gasteiger partial charge is 0.375 e. The molecule has 0 unspecified atom stereocenters. The second kappa shape index (κ2) is 4.02. The van der Waals surface area contributed by atoms with Crippen molar-refractivity contribution in [3.8, 4) is 0 Å². The van der Waals surface area contributed by atoms with Gasteiger partial charge in [-0.25, -0.2) is 14.5 Å². The Morgan fingerprint density at radius 2 is 2.38 bits per heavy atom. The standard InChI is InChI=1S/C8H13N3O2/c1-6(2)4-11-7(8(12)13-3)9-5-10-11/h5-6H,4H2,1-3H3. The molecule has 5 nitrogen and oxygen atoms in total. The zero-order chi connectivity index (χ0) is 9.84. The van der Waals surface area contributed by atoms with E-state index in [1.54, 1.807) is 4.68 Å². The Balaban J connectivity index is 2.83. The lowest BCUT2D eigenvalue weighted by molar-refractivity contribution is 0.0578. The summed E-state index contributed by atoms with van der Waals surface area (Å²) in [5.41, 5.74) is 0. The molecule has 0 aliphatic heterocycles. The third kappa shape index (κ3) is 2.27. The Labute approximate surface area is 76.7 Å². The van der Waals surface area contributed by atoms with Gasteiger partial charge in [0.05, 0.1) is 7.11 Å². The van der Waals surface area contributed by atoms with Gasteiger partial charge in [-0.2, -0.15) is 5.10 Å². The van der Waals surface area contributed by atoms with Gasteiger partial charge >= 0.3 is 5.97 Å². The first-order chi connectivity index (χ1) is 6.15. The first kappa shape index (κ1) is 9.70. The van der Waals surface area contributed by atoms with E-state index in [-0.39, 0.29) is 5.82 Å². The average molecular weight is 183 g/mol. The number of aromatic nitrogens is 3. The molecule has 1 heterocycles. The Morgan fingerprint density at radius 1 is 1.69 bits per heavy atom. The minimum atomic E-state index is -0.446. The molecule has 72 valence electrons. The Hall–Kier alpha value is -1.39. The number of carbonyl (C=O) groups is 1. The van der Waals surface area contributed by atoms with Gasteiger partial charge in [-0.15, -0.1) is 0 Å². The second-order valence-electron chi connectivity index (χ2n) is 3.15. The van der Waals surface area contributed by atoms with Crippen LogP contribution in [0, 0.1) is 5.92 Å². The van der Waals surface area contributed by atoms with E-state index in [1.807, 2.05) is 13.8 Å². The summed E-state index contributed by atoms with van der Waals surface area (Å²) >= 11 is 0. The lowest BCUT2D eigenvalue weighted by atomic mass is 10.2. The fraction of sp³-hybridized carbons (Fsp3) is 0.625. The maximum atomic E-state index is 11.1. The van der Waals surface area contributed by atoms with Gasteiger partial charge < -0.3 is 4.74 Å². The summed E-state index contributed by atoms with van der Waals surface area (Å²) in [6.07, 6.45) is 1.36. The van der Waals surface area contributed by atoms with Crippen LogP contribution in [0.1, 0.15) is 24.5 Å². The molecule has 0 aliphatic rings. The van der Waals surface area contributed by atoms with E-state index in [9.17, 15) is 4.79 Å². The number of carbonyl (C=O) groups excluding carboxylic acids is 1. The normalized spacial score (nSPS) is 10.5. The summed E-state index contributed by atoms with van der Waals surface area (Å²) in [5.74, 6) is 0.236. The van der Waals surface area contributed by atoms with Crippen molar-refractivity contribution in [2.45, 2.75) is 20.4 Å². The molecule has 0 aromatic carbocycles. The highest BCUT2D eigenvalue weighted by atomic mass is 16.5. The number of hydrogen-bond donors (Lipinski definition) is 0. The van der Waals surface area contributed by atoms with Gasteiger partial charge in [0, 0.05) is 6.54 Å². The predicted molar refractivity (Wildman–Crippen MR) is 46.2 cm³/mol. The molecule has 1 aromatic heterocycles. The van der Waals surface area contributed by atoms with Crippen molar-refractivity contribution in [1.29, 1.82) is 0 Å². The fourth-order valence-corrected chi connectivity index (χ4v) is 0.993. The second-order valence-corrected chi connectivity index (χ2v) is 3.15. The number of rotatable bonds is 3. The fourth-order valence-electron chi connectivity index (χ4n) is 0.993. The molecular weight excluding hydrogens is 170 g/mol. The van der Waals surface area contributed by atoms with Crippen LogP contribution in [0.2, 0.25) is 0 Å². The van der Waals surface area contributed by atoms with Crippen LogP contribution < -0.4 is 0 Å². The van der Waals surface area contributed by atoms with E-state index >= 15 is 0 Å². The van der Waals surface area contributed by atoms with Crippen LogP contribution in [0.25, 0.3) is 0 Å².